The van der Waals surface area contributed by atoms with E-state index in [4.69, 9.17) is 20.9 Å². The minimum Gasteiger partial charge on any atom is -0.378 e. The molecule has 1 saturated heterocycles. The van der Waals surface area contributed by atoms with Gasteiger partial charge < -0.3 is 52.0 Å². The number of ether oxygens (including phenoxy) is 2. The van der Waals surface area contributed by atoms with Crippen LogP contribution in [-0.2, 0) is 33.4 Å². The van der Waals surface area contributed by atoms with E-state index in [1.165, 1.54) is 0 Å². The van der Waals surface area contributed by atoms with Crippen LogP contribution in [-0.4, -0.2) is 141 Å². The molecule has 0 bridgehead atoms. The van der Waals surface area contributed by atoms with Gasteiger partial charge in [0.25, 0.3) is 0 Å². The van der Waals surface area contributed by atoms with Crippen LogP contribution in [0.3, 0.4) is 0 Å². The van der Waals surface area contributed by atoms with E-state index in [1.807, 2.05) is 95.8 Å². The third-order valence-electron chi connectivity index (χ3n) is 12.8. The van der Waals surface area contributed by atoms with Crippen LogP contribution >= 0.6 is 0 Å². The zero-order valence-corrected chi connectivity index (χ0v) is 41.0. The first-order valence-electron chi connectivity index (χ1n) is 23.2. The lowest BCUT2D eigenvalue weighted by atomic mass is 9.84. The Labute approximate surface area is 383 Å². The Hall–Kier alpha value is -4.32. The summed E-state index contributed by atoms with van der Waals surface area (Å²) in [6, 6.07) is 5.62. The number of hydrogen-bond acceptors (Lipinski definition) is 10. The van der Waals surface area contributed by atoms with Crippen molar-refractivity contribution in [3.05, 3.63) is 35.9 Å². The van der Waals surface area contributed by atoms with Crippen LogP contribution in [0.4, 0.5) is 4.79 Å². The smallest absolute Gasteiger partial charge is 0.312 e. The molecule has 17 nitrogen and oxygen atoms in total. The molecular weight excluding hydrogens is 819 g/mol. The van der Waals surface area contributed by atoms with Gasteiger partial charge in [-0.15, -0.1) is 0 Å². The maximum absolute atomic E-state index is 14.3. The number of nitrogens with two attached hydrogens (primary N) is 2. The summed E-state index contributed by atoms with van der Waals surface area (Å²) in [5.41, 5.74) is 11.9. The van der Waals surface area contributed by atoms with Crippen LogP contribution in [0.15, 0.2) is 30.3 Å². The van der Waals surface area contributed by atoms with Crippen molar-refractivity contribution in [1.82, 2.24) is 36.0 Å². The first kappa shape index (κ1) is 55.8. The van der Waals surface area contributed by atoms with E-state index in [2.05, 4.69) is 35.1 Å². The van der Waals surface area contributed by atoms with E-state index < -0.39 is 54.2 Å². The number of nitrogens with one attached hydrogen (secondary N) is 4. The van der Waals surface area contributed by atoms with Gasteiger partial charge in [0.1, 0.15) is 18.9 Å². The van der Waals surface area contributed by atoms with Crippen molar-refractivity contribution in [2.24, 2.45) is 41.1 Å². The Morgan fingerprint density at radius 2 is 1.50 bits per heavy atom. The van der Waals surface area contributed by atoms with E-state index in [9.17, 15) is 28.8 Å². The Balaban J connectivity index is 2.19. The van der Waals surface area contributed by atoms with Gasteiger partial charge in [-0.1, -0.05) is 92.1 Å². The van der Waals surface area contributed by atoms with Gasteiger partial charge in [0.2, 0.25) is 29.5 Å². The largest absolute Gasteiger partial charge is 0.378 e. The van der Waals surface area contributed by atoms with Crippen molar-refractivity contribution >= 4 is 35.6 Å². The van der Waals surface area contributed by atoms with E-state index in [-0.39, 0.29) is 72.5 Å². The van der Waals surface area contributed by atoms with E-state index >= 15 is 0 Å². The van der Waals surface area contributed by atoms with Gasteiger partial charge in [-0.25, -0.2) is 4.79 Å². The molecule has 1 fully saturated rings. The average molecular weight is 902 g/mol. The number of amides is 7. The van der Waals surface area contributed by atoms with Crippen LogP contribution in [0.25, 0.3) is 0 Å². The van der Waals surface area contributed by atoms with Crippen LogP contribution in [0.1, 0.15) is 113 Å². The summed E-state index contributed by atoms with van der Waals surface area (Å²) in [6.07, 6.45) is 1.96. The molecule has 7 amide bonds. The normalized spacial score (nSPS) is 18.8. The first-order valence-corrected chi connectivity index (χ1v) is 23.2. The maximum Gasteiger partial charge on any atom is 0.312 e. The highest BCUT2D eigenvalue weighted by atomic mass is 16.5. The third kappa shape index (κ3) is 16.3. The molecule has 1 aliphatic heterocycles. The molecule has 364 valence electrons. The Kier molecular flexibility index (Phi) is 23.7. The molecular formula is C47H83N9O8. The summed E-state index contributed by atoms with van der Waals surface area (Å²) in [7, 11) is 7.06. The van der Waals surface area contributed by atoms with Gasteiger partial charge in [-0.05, 0) is 75.9 Å². The van der Waals surface area contributed by atoms with Crippen LogP contribution in [0, 0.1) is 29.6 Å². The number of urea groups is 1. The molecule has 2 rings (SSSR count). The Morgan fingerprint density at radius 3 is 2.05 bits per heavy atom. The van der Waals surface area contributed by atoms with Gasteiger partial charge in [-0.2, -0.15) is 0 Å². The fraction of sp³-hybridized carbons (Fsp3) is 0.745. The maximum atomic E-state index is 14.3. The number of rotatable bonds is 27. The molecule has 1 aliphatic rings. The third-order valence-corrected chi connectivity index (χ3v) is 12.8. The highest BCUT2D eigenvalue weighted by Gasteiger charge is 2.42. The van der Waals surface area contributed by atoms with Crippen LogP contribution in [0.5, 0.6) is 0 Å². The van der Waals surface area contributed by atoms with E-state index in [0.717, 1.165) is 18.4 Å². The van der Waals surface area contributed by atoms with Gasteiger partial charge in [-0.3, -0.25) is 28.9 Å². The number of primary amides is 1. The molecule has 0 spiro atoms. The van der Waals surface area contributed by atoms with Crippen molar-refractivity contribution in [3.63, 3.8) is 0 Å². The van der Waals surface area contributed by atoms with Crippen LogP contribution < -0.4 is 32.7 Å². The number of carbonyl (C=O) groups excluding carboxylic acids is 6. The molecule has 64 heavy (non-hydrogen) atoms. The fourth-order valence-corrected chi connectivity index (χ4v) is 9.22. The predicted octanol–water partition coefficient (Wildman–Crippen LogP) is 3.37. The number of methoxy groups -OCH3 is 1. The monoisotopic (exact) mass is 902 g/mol. The van der Waals surface area contributed by atoms with Crippen LogP contribution in [0.2, 0.25) is 0 Å². The highest BCUT2D eigenvalue weighted by Crippen LogP contribution is 2.31. The Bertz CT molecular complexity index is 1620. The molecule has 8 N–H and O–H groups in total. The highest BCUT2D eigenvalue weighted by molar-refractivity contribution is 5.90. The minimum atomic E-state index is -0.816. The zero-order chi connectivity index (χ0) is 48.4. The number of nitrogens with zero attached hydrogens (tertiary/aromatic N) is 3. The summed E-state index contributed by atoms with van der Waals surface area (Å²) in [4.78, 5) is 85.1. The summed E-state index contributed by atoms with van der Waals surface area (Å²) in [5.74, 6) is -2.03. The number of likely N-dealkylation sites (N-methyl/N-ethyl adjacent to an activating group) is 2. The van der Waals surface area contributed by atoms with Crippen molar-refractivity contribution in [3.8, 4) is 0 Å². The SMILES string of the molecule is CC[C@H](C)[C@@H]([C@H](C)CC(=O)N1CCC[C@H]1[C@H](OC)[C@@H](C)C(=O)N[C@H](C)[C@@H](OCNC(=O)[C@@H](N)CCCNC(N)=O)c1ccccc1)N(C)C(=O)[C@@H](NC(=O)[C@H](C(C)C)N(C)C)C(C)C. The molecule has 0 aliphatic carbocycles. The number of hydrogen-bond donors (Lipinski definition) is 6. The molecule has 17 heteroatoms. The van der Waals surface area contributed by atoms with Crippen molar-refractivity contribution in [2.45, 2.75) is 149 Å². The van der Waals surface area contributed by atoms with Gasteiger partial charge >= 0.3 is 6.03 Å². The summed E-state index contributed by atoms with van der Waals surface area (Å²) in [5, 5.41) is 11.3. The summed E-state index contributed by atoms with van der Waals surface area (Å²) >= 11 is 0. The number of likely N-dealkylation sites (tertiary alicyclic amines) is 1. The molecule has 1 aromatic carbocycles. The quantitative estimate of drug-likeness (QED) is 0.0557. The number of carbonyl (C=O) groups is 6. The minimum absolute atomic E-state index is 0.0464. The summed E-state index contributed by atoms with van der Waals surface area (Å²) < 4.78 is 12.2. The van der Waals surface area contributed by atoms with Gasteiger partial charge in [0, 0.05) is 39.7 Å². The van der Waals surface area contributed by atoms with Crippen molar-refractivity contribution < 1.29 is 38.2 Å². The second kappa shape index (κ2) is 27.2. The van der Waals surface area contributed by atoms with Gasteiger partial charge in [0.15, 0.2) is 0 Å². The van der Waals surface area contributed by atoms with E-state index in [0.29, 0.717) is 32.4 Å². The number of benzene rings is 1. The van der Waals surface area contributed by atoms with Crippen molar-refractivity contribution in [1.29, 1.82) is 0 Å². The Morgan fingerprint density at radius 1 is 0.859 bits per heavy atom. The second-order valence-corrected chi connectivity index (χ2v) is 18.7. The molecule has 0 aromatic heterocycles. The average Bonchev–Trinajstić information content (AvgIpc) is 3.72. The molecule has 0 saturated carbocycles. The predicted molar refractivity (Wildman–Crippen MR) is 249 cm³/mol. The first-order chi connectivity index (χ1) is 30.1. The topological polar surface area (TPSA) is 231 Å². The van der Waals surface area contributed by atoms with Gasteiger partial charge in [0.05, 0.1) is 36.2 Å². The fourth-order valence-electron chi connectivity index (χ4n) is 9.22. The molecule has 0 unspecified atom stereocenters. The molecule has 1 heterocycles. The second-order valence-electron chi connectivity index (χ2n) is 18.7. The summed E-state index contributed by atoms with van der Waals surface area (Å²) in [6.45, 7) is 18.3. The molecule has 0 radical (unpaired) electrons. The standard InChI is InChI=1S/C47H83N9O8/c1-14-30(6)40(55(12)46(61)38(28(2)3)53-45(60)39(29(4)5)54(10)11)31(7)26-37(57)56-25-19-23-36(56)41(63-13)32(8)43(58)52-33(9)42(34-20-16-15-17-21-34)64-27-51-44(59)35(48)22-18-24-50-47(49)62/h15-17,20-21,28-33,35-36,38-42H,14,18-19,22-27,48H2,1-13H3,(H,51,59)(H,52,58)(H,53,60)(H3,49,50,62)/t30-,31+,32+,33+,35-,36-,38-,39-,40-,41+,42+/m0/s1. The lowest BCUT2D eigenvalue weighted by Crippen LogP contribution is -2.58. The lowest BCUT2D eigenvalue weighted by molar-refractivity contribution is -0.144. The van der Waals surface area contributed by atoms with Crippen molar-refractivity contribution in [2.75, 3.05) is 48.1 Å². The molecule has 11 atom stereocenters. The molecule has 1 aromatic rings. The zero-order valence-electron chi connectivity index (χ0n) is 41.0. The van der Waals surface area contributed by atoms with E-state index in [1.54, 1.807) is 26.0 Å². The lowest BCUT2D eigenvalue weighted by Gasteiger charge is -2.40.